The maximum Gasteiger partial charge on any atom is 0.222 e. The summed E-state index contributed by atoms with van der Waals surface area (Å²) in [4.78, 5) is 13.6. The maximum absolute atomic E-state index is 11.6. The third-order valence-corrected chi connectivity index (χ3v) is 3.12. The van der Waals surface area contributed by atoms with Crippen molar-refractivity contribution in [2.75, 3.05) is 19.6 Å². The predicted molar refractivity (Wildman–Crippen MR) is 57.8 cm³/mol. The van der Waals surface area contributed by atoms with Gasteiger partial charge in [-0.2, -0.15) is 0 Å². The topological polar surface area (TPSA) is 46.3 Å². The highest BCUT2D eigenvalue weighted by Crippen LogP contribution is 2.25. The van der Waals surface area contributed by atoms with Crippen LogP contribution < -0.4 is 5.73 Å². The zero-order chi connectivity index (χ0) is 10.6. The molecule has 1 heterocycles. The van der Waals surface area contributed by atoms with Crippen LogP contribution in [-0.2, 0) is 4.79 Å². The second-order valence-electron chi connectivity index (χ2n) is 4.36. The first kappa shape index (κ1) is 11.5. The van der Waals surface area contributed by atoms with Gasteiger partial charge in [-0.3, -0.25) is 4.79 Å². The molecule has 0 unspecified atom stereocenters. The Morgan fingerprint density at radius 1 is 1.50 bits per heavy atom. The minimum atomic E-state index is 0.318. The molecule has 1 aliphatic rings. The number of carbonyl (C=O) groups is 1. The molecule has 0 aliphatic carbocycles. The smallest absolute Gasteiger partial charge is 0.222 e. The van der Waals surface area contributed by atoms with Crippen LogP contribution in [0.1, 0.15) is 33.1 Å². The van der Waals surface area contributed by atoms with Crippen LogP contribution in [0.3, 0.4) is 0 Å². The Morgan fingerprint density at radius 3 is 2.79 bits per heavy atom. The average molecular weight is 198 g/mol. The molecule has 1 saturated heterocycles. The Labute approximate surface area is 86.6 Å². The van der Waals surface area contributed by atoms with Crippen LogP contribution in [0.5, 0.6) is 0 Å². The first-order valence-electron chi connectivity index (χ1n) is 5.66. The van der Waals surface area contributed by atoms with Gasteiger partial charge in [0.15, 0.2) is 0 Å². The fourth-order valence-electron chi connectivity index (χ4n) is 2.20. The molecule has 0 radical (unpaired) electrons. The number of carbonyl (C=O) groups excluding carboxylic acids is 1. The molecule has 0 aromatic heterocycles. The van der Waals surface area contributed by atoms with Crippen LogP contribution in [0.4, 0.5) is 0 Å². The molecule has 3 nitrogen and oxygen atoms in total. The summed E-state index contributed by atoms with van der Waals surface area (Å²) in [5, 5.41) is 0. The van der Waals surface area contributed by atoms with Crippen LogP contribution in [0.15, 0.2) is 0 Å². The van der Waals surface area contributed by atoms with Crippen LogP contribution >= 0.6 is 0 Å². The second-order valence-corrected chi connectivity index (χ2v) is 4.36. The number of hydrogen-bond donors (Lipinski definition) is 1. The summed E-state index contributed by atoms with van der Waals surface area (Å²) in [5.41, 5.74) is 5.55. The quantitative estimate of drug-likeness (QED) is 0.738. The van der Waals surface area contributed by atoms with Crippen LogP contribution in [-0.4, -0.2) is 30.4 Å². The molecule has 0 spiro atoms. The number of hydrogen-bond acceptors (Lipinski definition) is 2. The van der Waals surface area contributed by atoms with Gasteiger partial charge in [0.25, 0.3) is 0 Å². The van der Waals surface area contributed by atoms with Gasteiger partial charge in [-0.15, -0.1) is 0 Å². The van der Waals surface area contributed by atoms with Gasteiger partial charge in [-0.05, 0) is 31.2 Å². The van der Waals surface area contributed by atoms with Crippen molar-refractivity contribution in [3.63, 3.8) is 0 Å². The summed E-state index contributed by atoms with van der Waals surface area (Å²) in [6.45, 7) is 6.87. The largest absolute Gasteiger partial charge is 0.342 e. The summed E-state index contributed by atoms with van der Waals surface area (Å²) >= 11 is 0. The molecule has 0 bridgehead atoms. The Balaban J connectivity index is 2.41. The van der Waals surface area contributed by atoms with Crippen LogP contribution in [0.2, 0.25) is 0 Å². The third kappa shape index (κ3) is 2.71. The summed E-state index contributed by atoms with van der Waals surface area (Å²) in [7, 11) is 0. The SMILES string of the molecule is CCCC(=O)N1C[C@@H](CCN)[C@H](C)C1. The monoisotopic (exact) mass is 198 g/mol. The van der Waals surface area contributed by atoms with Gasteiger partial charge < -0.3 is 10.6 Å². The lowest BCUT2D eigenvalue weighted by molar-refractivity contribution is -0.130. The third-order valence-electron chi connectivity index (χ3n) is 3.12. The molecule has 0 aromatic carbocycles. The minimum absolute atomic E-state index is 0.318. The normalized spacial score (nSPS) is 26.9. The zero-order valence-electron chi connectivity index (χ0n) is 9.33. The van der Waals surface area contributed by atoms with E-state index < -0.39 is 0 Å². The molecule has 3 heteroatoms. The fraction of sp³-hybridized carbons (Fsp3) is 0.909. The number of amides is 1. The van der Waals surface area contributed by atoms with Crippen LogP contribution in [0.25, 0.3) is 0 Å². The number of rotatable bonds is 4. The number of likely N-dealkylation sites (tertiary alicyclic amines) is 1. The van der Waals surface area contributed by atoms with E-state index in [1.54, 1.807) is 0 Å². The molecule has 2 N–H and O–H groups in total. The van der Waals surface area contributed by atoms with E-state index in [1.807, 2.05) is 4.90 Å². The summed E-state index contributed by atoms with van der Waals surface area (Å²) in [5.74, 6) is 1.57. The first-order valence-corrected chi connectivity index (χ1v) is 5.66. The van der Waals surface area contributed by atoms with Crippen molar-refractivity contribution in [3.05, 3.63) is 0 Å². The Hall–Kier alpha value is -0.570. The summed E-state index contributed by atoms with van der Waals surface area (Å²) in [6.07, 6.45) is 2.70. The van der Waals surface area contributed by atoms with Gasteiger partial charge in [-0.25, -0.2) is 0 Å². The maximum atomic E-state index is 11.6. The highest BCUT2D eigenvalue weighted by Gasteiger charge is 2.30. The molecule has 0 aromatic rings. The second kappa shape index (κ2) is 5.35. The van der Waals surface area contributed by atoms with Crippen molar-refractivity contribution < 1.29 is 4.79 Å². The molecule has 1 amide bonds. The van der Waals surface area contributed by atoms with Gasteiger partial charge in [-0.1, -0.05) is 13.8 Å². The van der Waals surface area contributed by atoms with Gasteiger partial charge in [0.2, 0.25) is 5.91 Å². The van der Waals surface area contributed by atoms with Gasteiger partial charge in [0.1, 0.15) is 0 Å². The van der Waals surface area contributed by atoms with Crippen molar-refractivity contribution in [2.24, 2.45) is 17.6 Å². The molecule has 1 rings (SSSR count). The molecular weight excluding hydrogens is 176 g/mol. The van der Waals surface area contributed by atoms with Gasteiger partial charge in [0, 0.05) is 19.5 Å². The average Bonchev–Trinajstić information content (AvgIpc) is 2.49. The van der Waals surface area contributed by atoms with Crippen molar-refractivity contribution in [1.82, 2.24) is 4.90 Å². The van der Waals surface area contributed by atoms with E-state index in [0.29, 0.717) is 24.2 Å². The predicted octanol–water partition coefficient (Wildman–Crippen LogP) is 1.23. The van der Waals surface area contributed by atoms with E-state index in [1.165, 1.54) is 0 Å². The summed E-state index contributed by atoms with van der Waals surface area (Å²) in [6, 6.07) is 0. The Bertz CT molecular complexity index is 194. The van der Waals surface area contributed by atoms with E-state index in [4.69, 9.17) is 5.73 Å². The molecule has 82 valence electrons. The van der Waals surface area contributed by atoms with E-state index >= 15 is 0 Å². The zero-order valence-corrected chi connectivity index (χ0v) is 9.33. The highest BCUT2D eigenvalue weighted by atomic mass is 16.2. The first-order chi connectivity index (χ1) is 6.69. The molecule has 1 fully saturated rings. The molecule has 14 heavy (non-hydrogen) atoms. The molecule has 2 atom stereocenters. The van der Waals surface area contributed by atoms with Crippen molar-refractivity contribution >= 4 is 5.91 Å². The molecular formula is C11H22N2O. The molecule has 1 aliphatic heterocycles. The lowest BCUT2D eigenvalue weighted by atomic mass is 9.95. The van der Waals surface area contributed by atoms with Gasteiger partial charge >= 0.3 is 0 Å². The molecule has 0 saturated carbocycles. The van der Waals surface area contributed by atoms with E-state index in [0.717, 1.165) is 32.5 Å². The van der Waals surface area contributed by atoms with E-state index in [2.05, 4.69) is 13.8 Å². The highest BCUT2D eigenvalue weighted by molar-refractivity contribution is 5.76. The minimum Gasteiger partial charge on any atom is -0.342 e. The van der Waals surface area contributed by atoms with Crippen molar-refractivity contribution in [1.29, 1.82) is 0 Å². The van der Waals surface area contributed by atoms with E-state index in [-0.39, 0.29) is 0 Å². The van der Waals surface area contributed by atoms with Crippen molar-refractivity contribution in [2.45, 2.75) is 33.1 Å². The van der Waals surface area contributed by atoms with Crippen LogP contribution in [0, 0.1) is 11.8 Å². The fourth-order valence-corrected chi connectivity index (χ4v) is 2.20. The number of nitrogens with zero attached hydrogens (tertiary/aromatic N) is 1. The van der Waals surface area contributed by atoms with Crippen molar-refractivity contribution in [3.8, 4) is 0 Å². The Morgan fingerprint density at radius 2 is 2.21 bits per heavy atom. The lowest BCUT2D eigenvalue weighted by Crippen LogP contribution is -2.28. The summed E-state index contributed by atoms with van der Waals surface area (Å²) < 4.78 is 0. The van der Waals surface area contributed by atoms with E-state index in [9.17, 15) is 4.79 Å². The Kier molecular flexibility index (Phi) is 4.39. The standard InChI is InChI=1S/C11H22N2O/c1-3-4-11(14)13-7-9(2)10(8-13)5-6-12/h9-10H,3-8,12H2,1-2H3/t9-,10-/m1/s1. The van der Waals surface area contributed by atoms with Gasteiger partial charge in [0.05, 0.1) is 0 Å². The number of nitrogens with two attached hydrogens (primary N) is 1. The lowest BCUT2D eigenvalue weighted by Gasteiger charge is -2.15.